The standard InChI is InChI=1S/C22H23NO2.C22H23NO.C22H17NO.C21H19NO.C19H21NOSi/c1-15-7-6-8-16-17-9-10-19(25-2)18(21(17)23-20(15)16)11-14-22(24)12-4-3-5-13-22;2*1-15-7-6-10-17-18-13-14-20(24-2)19(22(18)23-21(15)17)12-11-16-8-4-3-5-9-16;1-13-6-4-8-15(12-13)19-18(23-3)11-10-17-16-9-5-7-14(2)20(16)22-21(17)19;1-13-7-6-8-14-15-9-10-17(21-2)16(11-12-22(3,4)5)19(15)20-18(13)14/h6-10,23-24H,3-5,12-13H2,1-2H3;6-7,10,13-14,16,23H,3-5,8-9H2,1-2H3;3-10,13-14,23H,1-2H3;4-12,22H,1-3H3;6-10,20H,1-5H3. The number of nitrogens with one attached hydrogen (secondary N) is 5. The minimum absolute atomic E-state index is 0.532. The first-order valence-corrected chi connectivity index (χ1v) is 44.6. The normalized spacial score (nSPS) is 13.1. The van der Waals surface area contributed by atoms with Crippen LogP contribution in [0.3, 0.4) is 0 Å². The van der Waals surface area contributed by atoms with Crippen LogP contribution in [0.4, 0.5) is 0 Å². The van der Waals surface area contributed by atoms with E-state index in [1.165, 1.54) is 142 Å². The maximum atomic E-state index is 10.7. The molecule has 2 aliphatic carbocycles. The fraction of sp³-hybridized carbons (Fsp3) is 0.245. The zero-order chi connectivity index (χ0) is 82.4. The number of fused-ring (bicyclic) bond motifs is 15. The number of hydrogen-bond donors (Lipinski definition) is 6. The topological polar surface area (TPSA) is 145 Å². The summed E-state index contributed by atoms with van der Waals surface area (Å²) in [5.74, 6) is 27.9. The van der Waals surface area contributed by atoms with Crippen LogP contribution in [-0.4, -0.2) is 79.3 Å². The number of aromatic amines is 5. The van der Waals surface area contributed by atoms with Crippen LogP contribution in [-0.2, 0) is 0 Å². The molecule has 19 rings (SSSR count). The molecule has 0 aliphatic heterocycles. The highest BCUT2D eigenvalue weighted by Crippen LogP contribution is 2.43. The quantitative estimate of drug-likeness (QED) is 0.0722. The van der Waals surface area contributed by atoms with Crippen LogP contribution in [0, 0.1) is 94.4 Å². The van der Waals surface area contributed by atoms with Crippen LogP contribution < -0.4 is 23.7 Å². The monoisotopic (exact) mass is 1570 g/mol. The minimum atomic E-state index is -1.44. The fourth-order valence-corrected chi connectivity index (χ4v) is 17.3. The van der Waals surface area contributed by atoms with Crippen LogP contribution in [0.15, 0.2) is 206 Å². The number of aromatic nitrogens is 5. The van der Waals surface area contributed by atoms with E-state index in [9.17, 15) is 5.11 Å². The highest BCUT2D eigenvalue weighted by Gasteiger charge is 2.28. The molecule has 5 aromatic heterocycles. The Hall–Kier alpha value is -12.9. The van der Waals surface area contributed by atoms with Gasteiger partial charge in [-0.3, -0.25) is 0 Å². The van der Waals surface area contributed by atoms with Crippen LogP contribution in [0.2, 0.25) is 19.6 Å². The zero-order valence-corrected chi connectivity index (χ0v) is 71.3. The molecule has 0 bridgehead atoms. The number of aryl methyl sites for hydroxylation is 6. The average Bonchev–Trinajstić information content (AvgIpc) is 1.60. The van der Waals surface area contributed by atoms with Gasteiger partial charge in [0.15, 0.2) is 0 Å². The molecular weight excluding hydrogens is 1470 g/mol. The van der Waals surface area contributed by atoms with Gasteiger partial charge in [-0.25, -0.2) is 0 Å². The van der Waals surface area contributed by atoms with Crippen molar-refractivity contribution in [3.8, 4) is 86.9 Å². The van der Waals surface area contributed by atoms with Gasteiger partial charge >= 0.3 is 0 Å². The third-order valence-corrected chi connectivity index (χ3v) is 24.0. The molecule has 0 amide bonds. The molecule has 0 radical (unpaired) electrons. The lowest BCUT2D eigenvalue weighted by Gasteiger charge is -2.26. The second kappa shape index (κ2) is 34.9. The Labute approximate surface area is 693 Å². The SMILES string of the molecule is COc1ccc2c([nH]c3c(C)cccc32)c1-c1cccc(C)c1.COc1ccc2c([nH]c3c(C)cccc32)c1C#CC1(O)CCCCC1.COc1ccc2c([nH]c3c(C)cccc32)c1C#CC1CCCCC1.COc1ccc2c([nH]c3c(C)cccc32)c1C#C[Si](C)(C)C.COc1ccc2c([nH]c3c(C)cccc32)c1C#Cc1ccccc1. The minimum Gasteiger partial charge on any atom is -0.496 e. The van der Waals surface area contributed by atoms with Gasteiger partial charge in [-0.2, -0.15) is 0 Å². The maximum absolute atomic E-state index is 10.7. The van der Waals surface area contributed by atoms with Gasteiger partial charge in [0.2, 0.25) is 0 Å². The number of H-pyrrole nitrogens is 5. The van der Waals surface area contributed by atoms with Crippen molar-refractivity contribution in [2.45, 2.75) is 131 Å². The Morgan fingerprint density at radius 1 is 0.331 bits per heavy atom. The van der Waals surface area contributed by atoms with E-state index in [0.717, 1.165) is 132 Å². The molecule has 12 heteroatoms. The van der Waals surface area contributed by atoms with Crippen molar-refractivity contribution in [1.82, 2.24) is 24.9 Å². The predicted octanol–water partition coefficient (Wildman–Crippen LogP) is 25.8. The first-order valence-electron chi connectivity index (χ1n) is 41.1. The van der Waals surface area contributed by atoms with Gasteiger partial charge in [0, 0.05) is 98.5 Å². The van der Waals surface area contributed by atoms with Crippen molar-refractivity contribution in [1.29, 1.82) is 0 Å². The summed E-state index contributed by atoms with van der Waals surface area (Å²) in [5, 5.41) is 22.9. The predicted molar refractivity (Wildman–Crippen MR) is 497 cm³/mol. The van der Waals surface area contributed by atoms with Crippen LogP contribution >= 0.6 is 0 Å². The summed E-state index contributed by atoms with van der Waals surface area (Å²) in [7, 11) is 7.06. The second-order valence-corrected chi connectivity index (χ2v) is 37.1. The van der Waals surface area contributed by atoms with E-state index in [0.29, 0.717) is 5.92 Å². The summed E-state index contributed by atoms with van der Waals surface area (Å²) in [5.41, 5.74) is 28.2. The molecular formula is C106H103N5O6Si. The van der Waals surface area contributed by atoms with E-state index in [1.807, 2.05) is 54.6 Å². The Kier molecular flexibility index (Phi) is 23.7. The summed E-state index contributed by atoms with van der Waals surface area (Å²) in [6, 6.07) is 71.1. The number of ether oxygens (including phenoxy) is 5. The summed E-state index contributed by atoms with van der Waals surface area (Å²) < 4.78 is 27.9. The van der Waals surface area contributed by atoms with Crippen LogP contribution in [0.5, 0.6) is 28.7 Å². The summed E-state index contributed by atoms with van der Waals surface area (Å²) in [4.78, 5) is 17.9. The first-order chi connectivity index (χ1) is 57.3. The van der Waals surface area contributed by atoms with Crippen LogP contribution in [0.25, 0.3) is 120 Å². The largest absolute Gasteiger partial charge is 0.496 e. The summed E-state index contributed by atoms with van der Waals surface area (Å²) in [6.07, 6.45) is 11.2. The molecule has 118 heavy (non-hydrogen) atoms. The van der Waals surface area contributed by atoms with E-state index in [2.05, 4.69) is 285 Å². The van der Waals surface area contributed by atoms with Crippen molar-refractivity contribution in [3.05, 3.63) is 267 Å². The van der Waals surface area contributed by atoms with Gasteiger partial charge in [0.25, 0.3) is 0 Å². The zero-order valence-electron chi connectivity index (χ0n) is 70.3. The molecule has 0 unspecified atom stereocenters. The number of hydrogen-bond acceptors (Lipinski definition) is 6. The molecule has 2 saturated carbocycles. The Bertz CT molecular complexity index is 6920. The summed E-state index contributed by atoms with van der Waals surface area (Å²) >= 11 is 0. The van der Waals surface area contributed by atoms with Crippen molar-refractivity contribution >= 4 is 117 Å². The third-order valence-electron chi connectivity index (χ3n) is 23.1. The number of para-hydroxylation sites is 5. The van der Waals surface area contributed by atoms with E-state index in [4.69, 9.17) is 23.7 Å². The number of aliphatic hydroxyl groups is 1. The Balaban J connectivity index is 0.000000115. The first kappa shape index (κ1) is 80.3. The molecule has 6 N–H and O–H groups in total. The molecule has 2 aliphatic rings. The van der Waals surface area contributed by atoms with Gasteiger partial charge in [-0.15, -0.1) is 5.54 Å². The number of rotatable bonds is 6. The average molecular weight is 1570 g/mol. The summed E-state index contributed by atoms with van der Waals surface area (Å²) in [6.45, 7) is 19.5. The molecule has 592 valence electrons. The maximum Gasteiger partial charge on any atom is 0.136 e. The molecule has 11 nitrogen and oxygen atoms in total. The molecule has 17 aromatic rings. The highest BCUT2D eigenvalue weighted by atomic mass is 28.3. The van der Waals surface area contributed by atoms with Crippen molar-refractivity contribution in [3.63, 3.8) is 0 Å². The lowest BCUT2D eigenvalue weighted by Crippen LogP contribution is -2.29. The fourth-order valence-electron chi connectivity index (χ4n) is 16.8. The van der Waals surface area contributed by atoms with Crippen molar-refractivity contribution in [2.75, 3.05) is 35.5 Å². The van der Waals surface area contributed by atoms with E-state index < -0.39 is 13.7 Å². The van der Waals surface area contributed by atoms with Gasteiger partial charge < -0.3 is 53.7 Å². The molecule has 12 aromatic carbocycles. The molecule has 2 fully saturated rings. The third kappa shape index (κ3) is 16.6. The van der Waals surface area contributed by atoms with Crippen molar-refractivity contribution in [2.24, 2.45) is 5.92 Å². The molecule has 5 heterocycles. The molecule has 0 spiro atoms. The van der Waals surface area contributed by atoms with Gasteiger partial charge in [0.1, 0.15) is 42.4 Å². The smallest absolute Gasteiger partial charge is 0.136 e. The Morgan fingerprint density at radius 3 is 1.08 bits per heavy atom. The highest BCUT2D eigenvalue weighted by molar-refractivity contribution is 6.84. The van der Waals surface area contributed by atoms with E-state index >= 15 is 0 Å². The number of methoxy groups -OCH3 is 5. The van der Waals surface area contributed by atoms with Crippen LogP contribution in [0.1, 0.15) is 125 Å². The lowest BCUT2D eigenvalue weighted by atomic mass is 9.85. The Morgan fingerprint density at radius 2 is 0.678 bits per heavy atom. The van der Waals surface area contributed by atoms with Crippen molar-refractivity contribution < 1.29 is 28.8 Å². The lowest BCUT2D eigenvalue weighted by molar-refractivity contribution is 0.0610. The molecule has 0 atom stereocenters. The van der Waals surface area contributed by atoms with Gasteiger partial charge in [0.05, 0.1) is 85.4 Å². The van der Waals surface area contributed by atoms with E-state index in [1.54, 1.807) is 35.5 Å². The number of benzene rings is 12. The second-order valence-electron chi connectivity index (χ2n) is 32.4. The van der Waals surface area contributed by atoms with E-state index in [-0.39, 0.29) is 0 Å². The molecule has 0 saturated heterocycles. The van der Waals surface area contributed by atoms with Gasteiger partial charge in [-0.05, 0) is 186 Å². The van der Waals surface area contributed by atoms with Gasteiger partial charge in [-0.1, -0.05) is 226 Å².